The second kappa shape index (κ2) is 8.94. The zero-order chi connectivity index (χ0) is 18.4. The van der Waals surface area contributed by atoms with Gasteiger partial charge in [0.2, 0.25) is 0 Å². The maximum Gasteiger partial charge on any atom is 0.322 e. The van der Waals surface area contributed by atoms with E-state index in [2.05, 4.69) is 0 Å². The Morgan fingerprint density at radius 2 is 1.88 bits per heavy atom. The molecule has 0 heterocycles. The van der Waals surface area contributed by atoms with Crippen LogP contribution in [0.3, 0.4) is 0 Å². The summed E-state index contributed by atoms with van der Waals surface area (Å²) in [6.07, 6.45) is 0.898. The lowest BCUT2D eigenvalue weighted by molar-refractivity contribution is -0.144. The van der Waals surface area contributed by atoms with Crippen LogP contribution in [-0.2, 0) is 16.0 Å². The molecule has 2 aromatic rings. The molecule has 0 amide bonds. The van der Waals surface area contributed by atoms with E-state index in [1.54, 1.807) is 13.0 Å². The Hall–Kier alpha value is -1.95. The van der Waals surface area contributed by atoms with Crippen molar-refractivity contribution in [3.63, 3.8) is 0 Å². The Morgan fingerprint density at radius 1 is 1.20 bits per heavy atom. The van der Waals surface area contributed by atoms with E-state index in [0.717, 1.165) is 11.1 Å². The third-order valence-electron chi connectivity index (χ3n) is 3.84. The number of carbonyl (C=O) groups is 1. The standard InChI is InChI=1S/C19H22ClFN2O2/c1-2-25-19(24)18(23)11-15(22)9-12-3-5-13(6-4-12)16-10-14(20)7-8-17(16)21/h3-8,10,15,18H,2,9,11,22-23H2,1H3/t15-,18?/m1/s1. The van der Waals surface area contributed by atoms with E-state index in [9.17, 15) is 9.18 Å². The molecule has 134 valence electrons. The van der Waals surface area contributed by atoms with Gasteiger partial charge in [-0.1, -0.05) is 35.9 Å². The minimum Gasteiger partial charge on any atom is -0.465 e. The summed E-state index contributed by atoms with van der Waals surface area (Å²) in [5, 5.41) is 0.482. The van der Waals surface area contributed by atoms with E-state index < -0.39 is 12.0 Å². The number of hydrogen-bond donors (Lipinski definition) is 2. The van der Waals surface area contributed by atoms with Gasteiger partial charge < -0.3 is 16.2 Å². The lowest BCUT2D eigenvalue weighted by Gasteiger charge is -2.16. The summed E-state index contributed by atoms with van der Waals surface area (Å²) in [7, 11) is 0. The van der Waals surface area contributed by atoms with Crippen LogP contribution in [0.1, 0.15) is 18.9 Å². The van der Waals surface area contributed by atoms with Crippen molar-refractivity contribution in [1.82, 2.24) is 0 Å². The zero-order valence-electron chi connectivity index (χ0n) is 14.0. The maximum atomic E-state index is 13.9. The molecule has 0 aromatic heterocycles. The van der Waals surface area contributed by atoms with Crippen LogP contribution in [0.5, 0.6) is 0 Å². The minimum atomic E-state index is -0.727. The van der Waals surface area contributed by atoms with Gasteiger partial charge in [0.05, 0.1) is 6.61 Å². The molecular formula is C19H22ClFN2O2. The van der Waals surface area contributed by atoms with Gasteiger partial charge in [0.15, 0.2) is 0 Å². The number of nitrogens with two attached hydrogens (primary N) is 2. The molecule has 0 spiro atoms. The monoisotopic (exact) mass is 364 g/mol. The molecule has 0 saturated carbocycles. The molecule has 0 aliphatic carbocycles. The molecule has 0 saturated heterocycles. The molecule has 0 radical (unpaired) electrons. The summed E-state index contributed by atoms with van der Waals surface area (Å²) >= 11 is 5.93. The molecule has 4 N–H and O–H groups in total. The highest BCUT2D eigenvalue weighted by Crippen LogP contribution is 2.26. The first-order valence-corrected chi connectivity index (χ1v) is 8.50. The van der Waals surface area contributed by atoms with Crippen LogP contribution in [-0.4, -0.2) is 24.7 Å². The molecular weight excluding hydrogens is 343 g/mol. The number of carbonyl (C=O) groups excluding carboxylic acids is 1. The smallest absolute Gasteiger partial charge is 0.322 e. The fourth-order valence-electron chi connectivity index (χ4n) is 2.60. The Balaban J connectivity index is 2.00. The van der Waals surface area contributed by atoms with E-state index in [-0.39, 0.29) is 11.9 Å². The zero-order valence-corrected chi connectivity index (χ0v) is 14.8. The van der Waals surface area contributed by atoms with Gasteiger partial charge in [-0.25, -0.2) is 4.39 Å². The average Bonchev–Trinajstić information content (AvgIpc) is 2.58. The van der Waals surface area contributed by atoms with E-state index in [0.29, 0.717) is 30.0 Å². The predicted octanol–water partition coefficient (Wildman–Crippen LogP) is 3.30. The maximum absolute atomic E-state index is 13.9. The van der Waals surface area contributed by atoms with Gasteiger partial charge in [-0.15, -0.1) is 0 Å². The Kier molecular flexibility index (Phi) is 6.93. The molecule has 2 aromatic carbocycles. The fraction of sp³-hybridized carbons (Fsp3) is 0.316. The first kappa shape index (κ1) is 19.4. The Morgan fingerprint density at radius 3 is 2.52 bits per heavy atom. The summed E-state index contributed by atoms with van der Waals surface area (Å²) in [4.78, 5) is 11.5. The molecule has 2 atom stereocenters. The largest absolute Gasteiger partial charge is 0.465 e. The number of rotatable bonds is 7. The van der Waals surface area contributed by atoms with Gasteiger partial charge in [0.1, 0.15) is 11.9 Å². The predicted molar refractivity (Wildman–Crippen MR) is 97.8 cm³/mol. The molecule has 6 heteroatoms. The van der Waals surface area contributed by atoms with Gasteiger partial charge in [0, 0.05) is 16.6 Å². The quantitative estimate of drug-likeness (QED) is 0.739. The summed E-state index contributed by atoms with van der Waals surface area (Å²) in [5.41, 5.74) is 14.0. The number of esters is 1. The molecule has 0 fully saturated rings. The number of halogens is 2. The molecule has 4 nitrogen and oxygen atoms in total. The minimum absolute atomic E-state index is 0.270. The summed E-state index contributed by atoms with van der Waals surface area (Å²) in [5.74, 6) is -0.765. The van der Waals surface area contributed by atoms with Crippen molar-refractivity contribution >= 4 is 17.6 Å². The van der Waals surface area contributed by atoms with Crippen LogP contribution in [0.2, 0.25) is 5.02 Å². The highest BCUT2D eigenvalue weighted by Gasteiger charge is 2.18. The van der Waals surface area contributed by atoms with Crippen LogP contribution in [0.15, 0.2) is 42.5 Å². The first-order chi connectivity index (χ1) is 11.9. The number of ether oxygens (including phenoxy) is 1. The van der Waals surface area contributed by atoms with Crippen molar-refractivity contribution in [3.05, 3.63) is 58.9 Å². The molecule has 2 rings (SSSR count). The second-order valence-electron chi connectivity index (χ2n) is 5.88. The van der Waals surface area contributed by atoms with E-state index in [4.69, 9.17) is 27.8 Å². The van der Waals surface area contributed by atoms with Crippen LogP contribution in [0, 0.1) is 5.82 Å². The highest BCUT2D eigenvalue weighted by molar-refractivity contribution is 6.30. The van der Waals surface area contributed by atoms with Crippen LogP contribution < -0.4 is 11.5 Å². The Bertz CT molecular complexity index is 722. The van der Waals surface area contributed by atoms with Crippen molar-refractivity contribution in [2.75, 3.05) is 6.61 Å². The lowest BCUT2D eigenvalue weighted by Crippen LogP contribution is -2.39. The molecule has 25 heavy (non-hydrogen) atoms. The molecule has 0 aliphatic rings. The second-order valence-corrected chi connectivity index (χ2v) is 6.32. The van der Waals surface area contributed by atoms with E-state index in [1.807, 2.05) is 24.3 Å². The Labute approximate surface area is 151 Å². The first-order valence-electron chi connectivity index (χ1n) is 8.13. The molecule has 1 unspecified atom stereocenters. The third kappa shape index (κ3) is 5.53. The number of benzene rings is 2. The summed E-state index contributed by atoms with van der Waals surface area (Å²) in [6, 6.07) is 10.9. The third-order valence-corrected chi connectivity index (χ3v) is 4.07. The highest BCUT2D eigenvalue weighted by atomic mass is 35.5. The van der Waals surface area contributed by atoms with Gasteiger partial charge in [-0.2, -0.15) is 0 Å². The van der Waals surface area contributed by atoms with Crippen molar-refractivity contribution in [3.8, 4) is 11.1 Å². The number of hydrogen-bond acceptors (Lipinski definition) is 4. The topological polar surface area (TPSA) is 78.3 Å². The van der Waals surface area contributed by atoms with Crippen molar-refractivity contribution in [2.24, 2.45) is 11.5 Å². The van der Waals surface area contributed by atoms with Crippen LogP contribution in [0.4, 0.5) is 4.39 Å². The SMILES string of the molecule is CCOC(=O)C(N)C[C@H](N)Cc1ccc(-c2cc(Cl)ccc2F)cc1. The lowest BCUT2D eigenvalue weighted by atomic mass is 9.98. The average molecular weight is 365 g/mol. The molecule has 0 aliphatic heterocycles. The summed E-state index contributed by atoms with van der Waals surface area (Å²) in [6.45, 7) is 2.03. The van der Waals surface area contributed by atoms with E-state index >= 15 is 0 Å². The van der Waals surface area contributed by atoms with Gasteiger partial charge >= 0.3 is 5.97 Å². The van der Waals surface area contributed by atoms with Crippen LogP contribution >= 0.6 is 11.6 Å². The normalized spacial score (nSPS) is 13.3. The van der Waals surface area contributed by atoms with Crippen molar-refractivity contribution in [2.45, 2.75) is 31.8 Å². The van der Waals surface area contributed by atoms with Crippen LogP contribution in [0.25, 0.3) is 11.1 Å². The van der Waals surface area contributed by atoms with Crippen molar-refractivity contribution in [1.29, 1.82) is 0 Å². The van der Waals surface area contributed by atoms with E-state index in [1.165, 1.54) is 12.1 Å². The van der Waals surface area contributed by atoms with Gasteiger partial charge in [0.25, 0.3) is 0 Å². The van der Waals surface area contributed by atoms with Crippen molar-refractivity contribution < 1.29 is 13.9 Å². The summed E-state index contributed by atoms with van der Waals surface area (Å²) < 4.78 is 18.8. The van der Waals surface area contributed by atoms with Gasteiger partial charge in [-0.3, -0.25) is 4.79 Å². The van der Waals surface area contributed by atoms with Gasteiger partial charge in [-0.05, 0) is 49.1 Å². The molecule has 0 bridgehead atoms. The fourth-order valence-corrected chi connectivity index (χ4v) is 2.77.